The molecule has 10 nitrogen and oxygen atoms in total. The number of carbonyl (C=O) groups is 3. The van der Waals surface area contributed by atoms with E-state index in [1.54, 1.807) is 49.6 Å². The van der Waals surface area contributed by atoms with Crippen LogP contribution in [-0.4, -0.2) is 57.5 Å². The van der Waals surface area contributed by atoms with Crippen molar-refractivity contribution in [3.05, 3.63) is 53.6 Å². The molecule has 2 amide bonds. The second-order valence-electron chi connectivity index (χ2n) is 7.66. The van der Waals surface area contributed by atoms with E-state index in [0.717, 1.165) is 0 Å². The van der Waals surface area contributed by atoms with Gasteiger partial charge in [0.1, 0.15) is 11.8 Å². The fourth-order valence-corrected chi connectivity index (χ4v) is 2.93. The zero-order chi connectivity index (χ0) is 25.8. The summed E-state index contributed by atoms with van der Waals surface area (Å²) in [6.45, 7) is 5.60. The lowest BCUT2D eigenvalue weighted by Gasteiger charge is -2.20. The molecule has 0 saturated heterocycles. The van der Waals surface area contributed by atoms with Crippen LogP contribution < -0.4 is 25.0 Å². The van der Waals surface area contributed by atoms with E-state index in [1.807, 2.05) is 20.8 Å². The van der Waals surface area contributed by atoms with E-state index >= 15 is 0 Å². The van der Waals surface area contributed by atoms with E-state index in [2.05, 4.69) is 20.6 Å². The molecule has 1 unspecified atom stereocenters. The van der Waals surface area contributed by atoms with Gasteiger partial charge in [0.15, 0.2) is 18.1 Å². The number of carbonyl (C=O) groups excluding carboxylic acids is 3. The molecule has 2 N–H and O–H groups in total. The Bertz CT molecular complexity index is 1040. The number of methoxy groups -OCH3 is 2. The molecule has 35 heavy (non-hydrogen) atoms. The Balaban J connectivity index is 2.04. The zero-order valence-electron chi connectivity index (χ0n) is 20.5. The summed E-state index contributed by atoms with van der Waals surface area (Å²) in [6, 6.07) is 10.8. The van der Waals surface area contributed by atoms with Crippen LogP contribution in [0.15, 0.2) is 47.6 Å². The van der Waals surface area contributed by atoms with Crippen molar-refractivity contribution in [1.29, 1.82) is 0 Å². The Labute approximate surface area is 204 Å². The Kier molecular flexibility index (Phi) is 10.5. The van der Waals surface area contributed by atoms with Crippen LogP contribution in [-0.2, 0) is 14.3 Å². The third kappa shape index (κ3) is 8.33. The van der Waals surface area contributed by atoms with Gasteiger partial charge in [-0.1, -0.05) is 13.8 Å². The first kappa shape index (κ1) is 27.2. The number of amides is 2. The summed E-state index contributed by atoms with van der Waals surface area (Å²) in [7, 11) is 2.82. The van der Waals surface area contributed by atoms with Crippen molar-refractivity contribution in [2.45, 2.75) is 26.8 Å². The van der Waals surface area contributed by atoms with Crippen LogP contribution in [0.25, 0.3) is 0 Å². The molecule has 0 aromatic heterocycles. The maximum atomic E-state index is 12.7. The molecule has 0 aliphatic rings. The number of hydrogen-bond acceptors (Lipinski definition) is 8. The molecule has 0 aliphatic heterocycles. The van der Waals surface area contributed by atoms with Crippen LogP contribution in [0.1, 0.15) is 36.7 Å². The monoisotopic (exact) mass is 485 g/mol. The molecule has 0 saturated carbocycles. The molecule has 2 aromatic rings. The van der Waals surface area contributed by atoms with Gasteiger partial charge in [-0.3, -0.25) is 9.59 Å². The van der Waals surface area contributed by atoms with Gasteiger partial charge in [0, 0.05) is 5.56 Å². The number of nitrogens with one attached hydrogen (secondary N) is 2. The third-order valence-corrected chi connectivity index (χ3v) is 4.82. The Morgan fingerprint density at radius 2 is 1.71 bits per heavy atom. The molecular formula is C25H31N3O7. The number of benzene rings is 2. The molecule has 0 radical (unpaired) electrons. The van der Waals surface area contributed by atoms with Crippen molar-refractivity contribution in [2.24, 2.45) is 11.0 Å². The van der Waals surface area contributed by atoms with Crippen LogP contribution in [0, 0.1) is 5.92 Å². The van der Waals surface area contributed by atoms with E-state index < -0.39 is 17.9 Å². The minimum atomic E-state index is -0.796. The summed E-state index contributed by atoms with van der Waals surface area (Å²) in [5.74, 6) is -0.110. The lowest BCUT2D eigenvalue weighted by molar-refractivity contribution is -0.142. The topological polar surface area (TPSA) is 125 Å². The van der Waals surface area contributed by atoms with Crippen molar-refractivity contribution >= 4 is 24.0 Å². The molecular weight excluding hydrogens is 454 g/mol. The zero-order valence-corrected chi connectivity index (χ0v) is 20.5. The molecule has 2 aromatic carbocycles. The van der Waals surface area contributed by atoms with E-state index in [4.69, 9.17) is 14.2 Å². The third-order valence-electron chi connectivity index (χ3n) is 4.82. The van der Waals surface area contributed by atoms with Crippen LogP contribution in [0.2, 0.25) is 0 Å². The van der Waals surface area contributed by atoms with Gasteiger partial charge >= 0.3 is 5.97 Å². The maximum absolute atomic E-state index is 12.7. The standard InChI is InChI=1S/C25H31N3O7/c1-6-34-21-13-17(7-12-20(21)35-15-22(29)33-5)14-26-28-25(31)23(16(2)3)27-24(30)18-8-10-19(32-4)11-9-18/h7-14,16,23H,6,15H2,1-5H3,(H,27,30)(H,28,31). The molecule has 0 fully saturated rings. The van der Waals surface area contributed by atoms with Crippen LogP contribution >= 0.6 is 0 Å². The summed E-state index contributed by atoms with van der Waals surface area (Å²) in [5, 5.41) is 6.74. The molecule has 0 aliphatic carbocycles. The molecule has 2 rings (SSSR count). The number of rotatable bonds is 12. The molecule has 1 atom stereocenters. The smallest absolute Gasteiger partial charge is 0.343 e. The van der Waals surface area contributed by atoms with E-state index in [-0.39, 0.29) is 18.4 Å². The van der Waals surface area contributed by atoms with Gasteiger partial charge in [0.2, 0.25) is 0 Å². The molecule has 0 heterocycles. The predicted molar refractivity (Wildman–Crippen MR) is 130 cm³/mol. The van der Waals surface area contributed by atoms with Gasteiger partial charge in [-0.05, 0) is 60.9 Å². The van der Waals surface area contributed by atoms with Crippen molar-refractivity contribution in [1.82, 2.24) is 10.7 Å². The molecule has 0 bridgehead atoms. The molecule has 188 valence electrons. The van der Waals surface area contributed by atoms with Crippen molar-refractivity contribution in [2.75, 3.05) is 27.4 Å². The SMILES string of the molecule is CCOc1cc(C=NNC(=O)C(NC(=O)c2ccc(OC)cc2)C(C)C)ccc1OCC(=O)OC. The highest BCUT2D eigenvalue weighted by molar-refractivity contribution is 5.97. The first-order chi connectivity index (χ1) is 16.8. The minimum absolute atomic E-state index is 0.178. The van der Waals surface area contributed by atoms with Gasteiger partial charge in [0.05, 0.1) is 27.0 Å². The number of esters is 1. The van der Waals surface area contributed by atoms with Gasteiger partial charge in [-0.15, -0.1) is 0 Å². The van der Waals surface area contributed by atoms with Gasteiger partial charge in [-0.2, -0.15) is 5.10 Å². The van der Waals surface area contributed by atoms with Gasteiger partial charge in [0.25, 0.3) is 11.8 Å². The largest absolute Gasteiger partial charge is 0.497 e. The van der Waals surface area contributed by atoms with Crippen molar-refractivity contribution in [3.8, 4) is 17.2 Å². The Morgan fingerprint density at radius 1 is 1.00 bits per heavy atom. The fraction of sp³-hybridized carbons (Fsp3) is 0.360. The first-order valence-corrected chi connectivity index (χ1v) is 11.0. The number of hydrogen-bond donors (Lipinski definition) is 2. The predicted octanol–water partition coefficient (Wildman–Crippen LogP) is 2.55. The van der Waals surface area contributed by atoms with Crippen molar-refractivity contribution < 1.29 is 33.3 Å². The number of nitrogens with zero attached hydrogens (tertiary/aromatic N) is 1. The highest BCUT2D eigenvalue weighted by Gasteiger charge is 2.24. The fourth-order valence-electron chi connectivity index (χ4n) is 2.93. The first-order valence-electron chi connectivity index (χ1n) is 11.0. The summed E-state index contributed by atoms with van der Waals surface area (Å²) in [5.41, 5.74) is 3.50. The highest BCUT2D eigenvalue weighted by Crippen LogP contribution is 2.28. The summed E-state index contributed by atoms with van der Waals surface area (Å²) < 4.78 is 20.6. The molecule has 0 spiro atoms. The Morgan fingerprint density at radius 3 is 2.31 bits per heavy atom. The molecule has 10 heteroatoms. The average molecular weight is 486 g/mol. The van der Waals surface area contributed by atoms with E-state index in [9.17, 15) is 14.4 Å². The summed E-state index contributed by atoms with van der Waals surface area (Å²) >= 11 is 0. The second-order valence-corrected chi connectivity index (χ2v) is 7.66. The summed E-state index contributed by atoms with van der Waals surface area (Å²) in [4.78, 5) is 36.6. The minimum Gasteiger partial charge on any atom is -0.497 e. The number of ether oxygens (including phenoxy) is 4. The van der Waals surface area contributed by atoms with Crippen LogP contribution in [0.4, 0.5) is 0 Å². The van der Waals surface area contributed by atoms with E-state index in [1.165, 1.54) is 13.3 Å². The normalized spacial score (nSPS) is 11.6. The maximum Gasteiger partial charge on any atom is 0.343 e. The van der Waals surface area contributed by atoms with Crippen LogP contribution in [0.5, 0.6) is 17.2 Å². The number of hydrazone groups is 1. The van der Waals surface area contributed by atoms with Crippen molar-refractivity contribution in [3.63, 3.8) is 0 Å². The van der Waals surface area contributed by atoms with Gasteiger partial charge < -0.3 is 24.3 Å². The lowest BCUT2D eigenvalue weighted by atomic mass is 10.0. The lowest BCUT2D eigenvalue weighted by Crippen LogP contribution is -2.48. The van der Waals surface area contributed by atoms with Gasteiger partial charge in [-0.25, -0.2) is 10.2 Å². The average Bonchev–Trinajstić information content (AvgIpc) is 2.86. The quantitative estimate of drug-likeness (QED) is 0.269. The van der Waals surface area contributed by atoms with Crippen LogP contribution in [0.3, 0.4) is 0 Å². The Hall–Kier alpha value is -4.08. The van der Waals surface area contributed by atoms with E-state index in [0.29, 0.717) is 35.0 Å². The highest BCUT2D eigenvalue weighted by atomic mass is 16.6. The second kappa shape index (κ2) is 13.6. The summed E-state index contributed by atoms with van der Waals surface area (Å²) in [6.07, 6.45) is 1.44.